The second kappa shape index (κ2) is 6.29. The Bertz CT molecular complexity index is 540. The summed E-state index contributed by atoms with van der Waals surface area (Å²) in [7, 11) is 0. The van der Waals surface area contributed by atoms with E-state index < -0.39 is 0 Å². The third-order valence-corrected chi connectivity index (χ3v) is 3.44. The average molecular weight is 288 g/mol. The first-order valence-electron chi connectivity index (χ1n) is 7.59. The van der Waals surface area contributed by atoms with Gasteiger partial charge in [-0.1, -0.05) is 33.8 Å². The van der Waals surface area contributed by atoms with E-state index in [-0.39, 0.29) is 11.8 Å². The number of hydrogen-bond donors (Lipinski definition) is 1. The van der Waals surface area contributed by atoms with E-state index in [0.717, 1.165) is 24.3 Å². The lowest BCUT2D eigenvalue weighted by atomic mass is 10.1. The van der Waals surface area contributed by atoms with E-state index in [1.54, 1.807) is 6.07 Å². The molecular weight excluding hydrogens is 264 g/mol. The molecule has 0 aromatic heterocycles. The number of nitrogens with zero attached hydrogens (tertiary/aromatic N) is 1. The molecule has 2 rings (SSSR count). The van der Waals surface area contributed by atoms with Gasteiger partial charge < -0.3 is 10.2 Å². The van der Waals surface area contributed by atoms with E-state index in [9.17, 15) is 9.59 Å². The van der Waals surface area contributed by atoms with Crippen LogP contribution in [0.1, 0.15) is 43.6 Å². The summed E-state index contributed by atoms with van der Waals surface area (Å²) in [6, 6.07) is 5.51. The lowest BCUT2D eigenvalue weighted by molar-refractivity contribution is -0.115. The van der Waals surface area contributed by atoms with E-state index in [0.29, 0.717) is 23.8 Å². The SMILES string of the molecule is CC(C)CN(CC(C)C)C(=O)c1ccc2c(c1)NC(=O)C2. The summed E-state index contributed by atoms with van der Waals surface area (Å²) in [5.74, 6) is 0.904. The van der Waals surface area contributed by atoms with E-state index in [1.165, 1.54) is 0 Å². The number of fused-ring (bicyclic) bond motifs is 1. The summed E-state index contributed by atoms with van der Waals surface area (Å²) in [5.41, 5.74) is 2.40. The Morgan fingerprint density at radius 1 is 1.19 bits per heavy atom. The van der Waals surface area contributed by atoms with Crippen molar-refractivity contribution in [2.24, 2.45) is 11.8 Å². The predicted octanol–water partition coefficient (Wildman–Crippen LogP) is 2.94. The number of carbonyl (C=O) groups is 2. The number of hydrogen-bond acceptors (Lipinski definition) is 2. The molecule has 0 bridgehead atoms. The Kier molecular flexibility index (Phi) is 4.66. The number of rotatable bonds is 5. The largest absolute Gasteiger partial charge is 0.338 e. The summed E-state index contributed by atoms with van der Waals surface area (Å²) < 4.78 is 0. The third-order valence-electron chi connectivity index (χ3n) is 3.44. The van der Waals surface area contributed by atoms with Gasteiger partial charge in [0.2, 0.25) is 5.91 Å². The van der Waals surface area contributed by atoms with Crippen molar-refractivity contribution < 1.29 is 9.59 Å². The zero-order chi connectivity index (χ0) is 15.6. The monoisotopic (exact) mass is 288 g/mol. The molecule has 0 aliphatic carbocycles. The Labute approximate surface area is 126 Å². The highest BCUT2D eigenvalue weighted by molar-refractivity contribution is 6.02. The van der Waals surface area contributed by atoms with Gasteiger partial charge >= 0.3 is 0 Å². The summed E-state index contributed by atoms with van der Waals surface area (Å²) in [6.45, 7) is 9.96. The van der Waals surface area contributed by atoms with Gasteiger partial charge in [-0.3, -0.25) is 9.59 Å². The maximum absolute atomic E-state index is 12.7. The van der Waals surface area contributed by atoms with Crippen LogP contribution in [-0.4, -0.2) is 29.8 Å². The zero-order valence-corrected chi connectivity index (χ0v) is 13.3. The number of amides is 2. The Morgan fingerprint density at radius 2 is 1.81 bits per heavy atom. The standard InChI is InChI=1S/C17H24N2O2/c1-11(2)9-19(10-12(3)4)17(21)14-6-5-13-8-16(20)18-15(13)7-14/h5-7,11-12H,8-10H2,1-4H3,(H,18,20). The topological polar surface area (TPSA) is 49.4 Å². The minimum atomic E-state index is -0.00387. The highest BCUT2D eigenvalue weighted by Crippen LogP contribution is 2.25. The molecule has 2 amide bonds. The molecular formula is C17H24N2O2. The van der Waals surface area contributed by atoms with Crippen molar-refractivity contribution in [1.82, 2.24) is 4.90 Å². The molecule has 1 N–H and O–H groups in total. The van der Waals surface area contributed by atoms with Crippen molar-refractivity contribution in [2.45, 2.75) is 34.1 Å². The first kappa shape index (κ1) is 15.5. The van der Waals surface area contributed by atoms with Crippen LogP contribution in [-0.2, 0) is 11.2 Å². The molecule has 0 spiro atoms. The number of carbonyl (C=O) groups excluding carboxylic acids is 2. The Morgan fingerprint density at radius 3 is 2.38 bits per heavy atom. The number of anilines is 1. The lowest BCUT2D eigenvalue weighted by Gasteiger charge is -2.26. The van der Waals surface area contributed by atoms with Gasteiger partial charge in [0, 0.05) is 24.3 Å². The van der Waals surface area contributed by atoms with Crippen LogP contribution in [0.25, 0.3) is 0 Å². The Hall–Kier alpha value is -1.84. The van der Waals surface area contributed by atoms with Gasteiger partial charge in [-0.05, 0) is 29.5 Å². The van der Waals surface area contributed by atoms with Crippen molar-refractivity contribution in [2.75, 3.05) is 18.4 Å². The normalized spacial score (nSPS) is 13.5. The van der Waals surface area contributed by atoms with Gasteiger partial charge in [-0.25, -0.2) is 0 Å². The molecule has 0 saturated carbocycles. The molecule has 1 aromatic carbocycles. The summed E-state index contributed by atoms with van der Waals surface area (Å²) in [5, 5.41) is 2.80. The van der Waals surface area contributed by atoms with Crippen LogP contribution in [0.4, 0.5) is 5.69 Å². The molecule has 0 saturated heterocycles. The number of nitrogens with one attached hydrogen (secondary N) is 1. The molecule has 0 atom stereocenters. The van der Waals surface area contributed by atoms with Crippen LogP contribution < -0.4 is 5.32 Å². The minimum Gasteiger partial charge on any atom is -0.338 e. The van der Waals surface area contributed by atoms with Crippen LogP contribution in [0.5, 0.6) is 0 Å². The molecule has 0 unspecified atom stereocenters. The summed E-state index contributed by atoms with van der Waals surface area (Å²) in [6.07, 6.45) is 0.408. The van der Waals surface area contributed by atoms with Crippen LogP contribution in [0.15, 0.2) is 18.2 Å². The van der Waals surface area contributed by atoms with E-state index >= 15 is 0 Å². The minimum absolute atomic E-state index is 0.00387. The third kappa shape index (κ3) is 3.84. The molecule has 114 valence electrons. The molecule has 1 aromatic rings. The molecule has 0 fully saturated rings. The fourth-order valence-corrected chi connectivity index (χ4v) is 2.65. The van der Waals surface area contributed by atoms with Gasteiger partial charge in [0.05, 0.1) is 6.42 Å². The molecule has 1 heterocycles. The number of benzene rings is 1. The van der Waals surface area contributed by atoms with Crippen molar-refractivity contribution in [3.05, 3.63) is 29.3 Å². The van der Waals surface area contributed by atoms with E-state index in [1.807, 2.05) is 17.0 Å². The van der Waals surface area contributed by atoms with Crippen LogP contribution >= 0.6 is 0 Å². The van der Waals surface area contributed by atoms with Crippen LogP contribution in [0.3, 0.4) is 0 Å². The second-order valence-electron chi connectivity index (χ2n) is 6.59. The predicted molar refractivity (Wildman–Crippen MR) is 84.4 cm³/mol. The lowest BCUT2D eigenvalue weighted by Crippen LogP contribution is -2.37. The van der Waals surface area contributed by atoms with E-state index in [2.05, 4.69) is 33.0 Å². The zero-order valence-electron chi connectivity index (χ0n) is 13.3. The highest BCUT2D eigenvalue weighted by atomic mass is 16.2. The second-order valence-corrected chi connectivity index (χ2v) is 6.59. The molecule has 4 heteroatoms. The van der Waals surface area contributed by atoms with Gasteiger partial charge in [0.15, 0.2) is 0 Å². The van der Waals surface area contributed by atoms with Crippen LogP contribution in [0.2, 0.25) is 0 Å². The van der Waals surface area contributed by atoms with Gasteiger partial charge in [-0.15, -0.1) is 0 Å². The highest BCUT2D eigenvalue weighted by Gasteiger charge is 2.22. The first-order valence-corrected chi connectivity index (χ1v) is 7.59. The molecule has 0 radical (unpaired) electrons. The van der Waals surface area contributed by atoms with Gasteiger partial charge in [-0.2, -0.15) is 0 Å². The molecule has 21 heavy (non-hydrogen) atoms. The summed E-state index contributed by atoms with van der Waals surface area (Å²) in [4.78, 5) is 26.0. The quantitative estimate of drug-likeness (QED) is 0.905. The van der Waals surface area contributed by atoms with Crippen molar-refractivity contribution in [3.8, 4) is 0 Å². The molecule has 1 aliphatic heterocycles. The van der Waals surface area contributed by atoms with E-state index in [4.69, 9.17) is 0 Å². The van der Waals surface area contributed by atoms with Gasteiger partial charge in [0.25, 0.3) is 5.91 Å². The smallest absolute Gasteiger partial charge is 0.253 e. The Balaban J connectivity index is 2.20. The van der Waals surface area contributed by atoms with Crippen molar-refractivity contribution in [1.29, 1.82) is 0 Å². The fourth-order valence-electron chi connectivity index (χ4n) is 2.65. The first-order chi connectivity index (χ1) is 9.86. The average Bonchev–Trinajstić information content (AvgIpc) is 2.74. The molecule has 1 aliphatic rings. The maximum Gasteiger partial charge on any atom is 0.253 e. The summed E-state index contributed by atoms with van der Waals surface area (Å²) >= 11 is 0. The van der Waals surface area contributed by atoms with Crippen molar-refractivity contribution in [3.63, 3.8) is 0 Å². The van der Waals surface area contributed by atoms with Crippen LogP contribution in [0, 0.1) is 11.8 Å². The molecule has 4 nitrogen and oxygen atoms in total. The van der Waals surface area contributed by atoms with Gasteiger partial charge in [0.1, 0.15) is 0 Å². The maximum atomic E-state index is 12.7. The fraction of sp³-hybridized carbons (Fsp3) is 0.529. The van der Waals surface area contributed by atoms with Crippen molar-refractivity contribution >= 4 is 17.5 Å².